The van der Waals surface area contributed by atoms with Crippen molar-refractivity contribution < 1.29 is 24.2 Å². The molecule has 0 spiro atoms. The van der Waals surface area contributed by atoms with Crippen LogP contribution in [0.4, 0.5) is 0 Å². The lowest BCUT2D eigenvalue weighted by Gasteiger charge is -2.24. The van der Waals surface area contributed by atoms with Crippen LogP contribution >= 0.6 is 0 Å². The lowest BCUT2D eigenvalue weighted by molar-refractivity contribution is 0.0352. The lowest BCUT2D eigenvalue weighted by atomic mass is 10.1. The molecule has 2 N–H and O–H groups in total. The maximum absolute atomic E-state index is 11.8. The van der Waals surface area contributed by atoms with E-state index in [2.05, 4.69) is 0 Å². The Morgan fingerprint density at radius 1 is 1.47 bits per heavy atom. The van der Waals surface area contributed by atoms with Gasteiger partial charge in [0, 0.05) is 19.7 Å². The minimum absolute atomic E-state index is 0.0610. The number of carbonyl (C=O) groups excluding carboxylic acids is 1. The molecule has 0 radical (unpaired) electrons. The van der Waals surface area contributed by atoms with E-state index in [1.165, 1.54) is 11.9 Å². The second kappa shape index (κ2) is 4.58. The molecule has 0 saturated carbocycles. The highest BCUT2D eigenvalue weighted by molar-refractivity contribution is 5.95. The van der Waals surface area contributed by atoms with E-state index in [1.54, 1.807) is 13.8 Å². The second-order valence-electron chi connectivity index (χ2n) is 4.48. The number of carbonyl (C=O) groups is 2. The summed E-state index contributed by atoms with van der Waals surface area (Å²) in [7, 11) is 1.50. The largest absolute Gasteiger partial charge is 0.478 e. The van der Waals surface area contributed by atoms with E-state index in [0.29, 0.717) is 0 Å². The fourth-order valence-corrected chi connectivity index (χ4v) is 1.40. The number of amides is 1. The van der Waals surface area contributed by atoms with E-state index in [0.717, 1.165) is 12.3 Å². The van der Waals surface area contributed by atoms with Gasteiger partial charge in [0.1, 0.15) is 6.26 Å². The molecule has 0 atom stereocenters. The first-order valence-electron chi connectivity index (χ1n) is 5.00. The summed E-state index contributed by atoms with van der Waals surface area (Å²) in [6.45, 7) is 3.26. The van der Waals surface area contributed by atoms with E-state index >= 15 is 0 Å². The molecular formula is C11H15NO5. The van der Waals surface area contributed by atoms with Crippen LogP contribution in [0, 0.1) is 0 Å². The molecule has 0 aliphatic rings. The van der Waals surface area contributed by atoms with Crippen LogP contribution in [0.25, 0.3) is 0 Å². The van der Waals surface area contributed by atoms with Crippen molar-refractivity contribution in [2.45, 2.75) is 19.4 Å². The monoisotopic (exact) mass is 241 g/mol. The first-order chi connectivity index (χ1) is 7.70. The minimum Gasteiger partial charge on any atom is -0.478 e. The molecule has 1 rings (SSSR count). The van der Waals surface area contributed by atoms with E-state index in [-0.39, 0.29) is 17.9 Å². The Morgan fingerprint density at radius 3 is 2.47 bits per heavy atom. The number of likely N-dealkylation sites (N-methyl/N-ethyl adjacent to an activating group) is 1. The van der Waals surface area contributed by atoms with E-state index in [9.17, 15) is 14.7 Å². The van der Waals surface area contributed by atoms with Gasteiger partial charge >= 0.3 is 5.97 Å². The molecule has 0 bridgehead atoms. The van der Waals surface area contributed by atoms with Crippen molar-refractivity contribution in [2.24, 2.45) is 0 Å². The molecule has 1 aromatic heterocycles. The third kappa shape index (κ3) is 3.60. The smallest absolute Gasteiger partial charge is 0.338 e. The highest BCUT2D eigenvalue weighted by Gasteiger charge is 2.23. The van der Waals surface area contributed by atoms with Crippen LogP contribution in [0.1, 0.15) is 34.8 Å². The van der Waals surface area contributed by atoms with Crippen LogP contribution in [0.2, 0.25) is 0 Å². The fraction of sp³-hybridized carbons (Fsp3) is 0.455. The van der Waals surface area contributed by atoms with Crippen molar-refractivity contribution in [1.82, 2.24) is 4.90 Å². The Kier molecular flexibility index (Phi) is 3.57. The van der Waals surface area contributed by atoms with Crippen molar-refractivity contribution in [3.8, 4) is 0 Å². The number of hydrogen-bond donors (Lipinski definition) is 2. The van der Waals surface area contributed by atoms with Crippen molar-refractivity contribution in [2.75, 3.05) is 13.6 Å². The van der Waals surface area contributed by atoms with E-state index in [4.69, 9.17) is 9.52 Å². The molecule has 0 aromatic carbocycles. The normalized spacial score (nSPS) is 11.3. The topological polar surface area (TPSA) is 91.0 Å². The van der Waals surface area contributed by atoms with Gasteiger partial charge in [-0.3, -0.25) is 4.79 Å². The molecule has 1 amide bonds. The van der Waals surface area contributed by atoms with Gasteiger partial charge in [-0.15, -0.1) is 0 Å². The zero-order chi connectivity index (χ0) is 13.2. The summed E-state index contributed by atoms with van der Waals surface area (Å²) in [5.74, 6) is -1.69. The summed E-state index contributed by atoms with van der Waals surface area (Å²) in [6, 6.07) is 1.16. The molecule has 6 nitrogen and oxygen atoms in total. The quantitative estimate of drug-likeness (QED) is 0.814. The Hall–Kier alpha value is -1.82. The SMILES string of the molecule is CN(CC(C)(C)O)C(=O)c1cc(C(=O)O)co1. The van der Waals surface area contributed by atoms with Crippen molar-refractivity contribution in [3.05, 3.63) is 23.7 Å². The van der Waals surface area contributed by atoms with Gasteiger partial charge in [-0.2, -0.15) is 0 Å². The van der Waals surface area contributed by atoms with Gasteiger partial charge in [0.2, 0.25) is 0 Å². The van der Waals surface area contributed by atoms with E-state index < -0.39 is 17.5 Å². The summed E-state index contributed by atoms with van der Waals surface area (Å²) in [6.07, 6.45) is 1.01. The van der Waals surface area contributed by atoms with Crippen LogP contribution in [-0.4, -0.2) is 46.2 Å². The molecule has 17 heavy (non-hydrogen) atoms. The molecule has 0 aliphatic carbocycles. The molecule has 94 valence electrons. The molecule has 0 fully saturated rings. The maximum atomic E-state index is 11.8. The van der Waals surface area contributed by atoms with Gasteiger partial charge in [-0.05, 0) is 13.8 Å². The summed E-state index contributed by atoms with van der Waals surface area (Å²) < 4.78 is 4.87. The first-order valence-corrected chi connectivity index (χ1v) is 5.00. The average Bonchev–Trinajstić information content (AvgIpc) is 2.62. The number of aliphatic hydroxyl groups is 1. The molecular weight excluding hydrogens is 226 g/mol. The zero-order valence-corrected chi connectivity index (χ0v) is 9.93. The first kappa shape index (κ1) is 13.2. The van der Waals surface area contributed by atoms with Crippen molar-refractivity contribution in [3.63, 3.8) is 0 Å². The molecule has 0 aliphatic heterocycles. The highest BCUT2D eigenvalue weighted by Crippen LogP contribution is 2.12. The fourth-order valence-electron chi connectivity index (χ4n) is 1.40. The van der Waals surface area contributed by atoms with Crippen LogP contribution in [0.5, 0.6) is 0 Å². The zero-order valence-electron chi connectivity index (χ0n) is 9.93. The van der Waals surface area contributed by atoms with Crippen molar-refractivity contribution >= 4 is 11.9 Å². The second-order valence-corrected chi connectivity index (χ2v) is 4.48. The Bertz CT molecular complexity index is 429. The maximum Gasteiger partial charge on any atom is 0.338 e. The van der Waals surface area contributed by atoms with Crippen LogP contribution in [0.15, 0.2) is 16.7 Å². The third-order valence-electron chi connectivity index (χ3n) is 2.03. The van der Waals surface area contributed by atoms with Crippen LogP contribution < -0.4 is 0 Å². The Labute approximate surface area is 98.5 Å². The lowest BCUT2D eigenvalue weighted by Crippen LogP contribution is -2.39. The van der Waals surface area contributed by atoms with Gasteiger partial charge in [-0.25, -0.2) is 4.79 Å². The summed E-state index contributed by atoms with van der Waals surface area (Å²) in [5, 5.41) is 18.2. The molecule has 0 saturated heterocycles. The van der Waals surface area contributed by atoms with E-state index in [1.807, 2.05) is 0 Å². The number of hydrogen-bond acceptors (Lipinski definition) is 4. The predicted octanol–water partition coefficient (Wildman–Crippen LogP) is 0.821. The summed E-state index contributed by atoms with van der Waals surface area (Å²) >= 11 is 0. The average molecular weight is 241 g/mol. The Morgan fingerprint density at radius 2 is 2.06 bits per heavy atom. The minimum atomic E-state index is -1.15. The molecule has 6 heteroatoms. The Balaban J connectivity index is 2.78. The highest BCUT2D eigenvalue weighted by atomic mass is 16.4. The number of aromatic carboxylic acids is 1. The number of carboxylic acid groups (broad SMARTS) is 1. The van der Waals surface area contributed by atoms with Crippen LogP contribution in [-0.2, 0) is 0 Å². The van der Waals surface area contributed by atoms with Gasteiger partial charge in [0.15, 0.2) is 5.76 Å². The molecule has 0 unspecified atom stereocenters. The van der Waals surface area contributed by atoms with Gasteiger partial charge < -0.3 is 19.5 Å². The predicted molar refractivity (Wildman–Crippen MR) is 58.9 cm³/mol. The van der Waals surface area contributed by atoms with Crippen molar-refractivity contribution in [1.29, 1.82) is 0 Å². The molecule has 1 heterocycles. The van der Waals surface area contributed by atoms with Gasteiger partial charge in [0.05, 0.1) is 11.2 Å². The van der Waals surface area contributed by atoms with Gasteiger partial charge in [-0.1, -0.05) is 0 Å². The van der Waals surface area contributed by atoms with Crippen LogP contribution in [0.3, 0.4) is 0 Å². The van der Waals surface area contributed by atoms with Gasteiger partial charge in [0.25, 0.3) is 5.91 Å². The number of rotatable bonds is 4. The number of furan rings is 1. The number of carboxylic acids is 1. The summed E-state index contributed by atoms with van der Waals surface area (Å²) in [5.41, 5.74) is -1.10. The number of nitrogens with zero attached hydrogens (tertiary/aromatic N) is 1. The summed E-state index contributed by atoms with van der Waals surface area (Å²) in [4.78, 5) is 23.7. The molecule has 1 aromatic rings. The standard InChI is InChI=1S/C11H15NO5/c1-11(2,16)6-12(3)9(13)8-4-7(5-17-8)10(14)15/h4-5,16H,6H2,1-3H3,(H,14,15). The third-order valence-corrected chi connectivity index (χ3v) is 2.03.